The van der Waals surface area contributed by atoms with Gasteiger partial charge < -0.3 is 14.4 Å². The van der Waals surface area contributed by atoms with E-state index in [0.717, 1.165) is 0 Å². The first kappa shape index (κ1) is 20.1. The van der Waals surface area contributed by atoms with E-state index >= 15 is 0 Å². The fourth-order valence-corrected chi connectivity index (χ4v) is 3.22. The number of amides is 1. The van der Waals surface area contributed by atoms with Crippen LogP contribution < -0.4 is 9.80 Å². The number of carbonyl (C=O) groups excluding carboxylic acids is 1. The number of hydrogen-bond donors (Lipinski definition) is 0. The molecule has 2 aliphatic heterocycles. The molecule has 1 fully saturated rings. The molecule has 1 atom stereocenters. The van der Waals surface area contributed by atoms with Crippen molar-refractivity contribution < 1.29 is 18.7 Å². The number of ether oxygens (including phenoxy) is 2. The van der Waals surface area contributed by atoms with Crippen LogP contribution in [0.4, 0.5) is 20.6 Å². The number of halogens is 1. The molecule has 0 spiro atoms. The van der Waals surface area contributed by atoms with Crippen molar-refractivity contribution in [2.45, 2.75) is 18.9 Å². The van der Waals surface area contributed by atoms with Gasteiger partial charge in [0.15, 0.2) is 5.05 Å². The van der Waals surface area contributed by atoms with Gasteiger partial charge in [0.25, 0.3) is 0 Å². The third-order valence-electron chi connectivity index (χ3n) is 4.62. The molecule has 150 valence electrons. The summed E-state index contributed by atoms with van der Waals surface area (Å²) in [6.45, 7) is 5.98. The van der Waals surface area contributed by atoms with E-state index in [2.05, 4.69) is 11.7 Å². The van der Waals surface area contributed by atoms with Gasteiger partial charge in [-0.2, -0.15) is 5.10 Å². The van der Waals surface area contributed by atoms with E-state index in [9.17, 15) is 9.18 Å². The van der Waals surface area contributed by atoms with E-state index in [1.807, 2.05) is 5.01 Å². The van der Waals surface area contributed by atoms with Crippen LogP contribution in [0.3, 0.4) is 0 Å². The maximum atomic E-state index is 14.7. The summed E-state index contributed by atoms with van der Waals surface area (Å²) >= 11 is 5.01. The van der Waals surface area contributed by atoms with Gasteiger partial charge in [-0.25, -0.2) is 9.18 Å². The zero-order chi connectivity index (χ0) is 20.1. The molecule has 0 unspecified atom stereocenters. The van der Waals surface area contributed by atoms with Crippen molar-refractivity contribution >= 4 is 41.1 Å². The first-order valence-electron chi connectivity index (χ1n) is 9.03. The fraction of sp³-hybridized carbons (Fsp3) is 0.421. The summed E-state index contributed by atoms with van der Waals surface area (Å²) in [6.07, 6.45) is 3.69. The minimum atomic E-state index is -0.486. The number of carbonyl (C=O) groups is 1. The Hall–Kier alpha value is -2.68. The molecule has 0 saturated carbocycles. The highest BCUT2D eigenvalue weighted by Gasteiger charge is 2.32. The van der Waals surface area contributed by atoms with Crippen LogP contribution in [0.2, 0.25) is 0 Å². The first-order valence-corrected chi connectivity index (χ1v) is 9.43. The van der Waals surface area contributed by atoms with Crippen LogP contribution in [0.15, 0.2) is 36.0 Å². The first-order chi connectivity index (χ1) is 13.5. The molecular formula is C19H23FN4O3S. The highest BCUT2D eigenvalue weighted by molar-refractivity contribution is 7.80. The van der Waals surface area contributed by atoms with E-state index < -0.39 is 11.9 Å². The summed E-state index contributed by atoms with van der Waals surface area (Å²) in [7, 11) is 1.52. The van der Waals surface area contributed by atoms with Crippen LogP contribution in [-0.4, -0.2) is 61.9 Å². The second-order valence-electron chi connectivity index (χ2n) is 6.49. The summed E-state index contributed by atoms with van der Waals surface area (Å²) in [5.74, 6) is -0.419. The van der Waals surface area contributed by atoms with Crippen molar-refractivity contribution in [3.05, 3.63) is 36.7 Å². The van der Waals surface area contributed by atoms with Gasteiger partial charge in [-0.3, -0.25) is 9.91 Å². The van der Waals surface area contributed by atoms with E-state index in [4.69, 9.17) is 21.7 Å². The number of hydrazone groups is 1. The quantitative estimate of drug-likeness (QED) is 0.512. The lowest BCUT2D eigenvalue weighted by Gasteiger charge is -2.29. The Morgan fingerprint density at radius 3 is 2.96 bits per heavy atom. The largest absolute Gasteiger partial charge is 0.490 e. The summed E-state index contributed by atoms with van der Waals surface area (Å²) < 4.78 is 25.0. The molecule has 7 nitrogen and oxygen atoms in total. The lowest BCUT2D eigenvalue weighted by atomic mass is 10.2. The number of methoxy groups -OCH3 is 1. The molecule has 3 rings (SSSR count). The van der Waals surface area contributed by atoms with Crippen molar-refractivity contribution in [1.82, 2.24) is 5.01 Å². The number of anilines is 2. The molecule has 1 aromatic carbocycles. The minimum absolute atomic E-state index is 0.298. The highest BCUT2D eigenvalue weighted by atomic mass is 32.1. The lowest BCUT2D eigenvalue weighted by Crippen LogP contribution is -2.38. The maximum absolute atomic E-state index is 14.7. The number of nitrogens with zero attached hydrogens (tertiary/aromatic N) is 4. The predicted molar refractivity (Wildman–Crippen MR) is 110 cm³/mol. The van der Waals surface area contributed by atoms with Gasteiger partial charge in [-0.15, -0.1) is 6.58 Å². The van der Waals surface area contributed by atoms with Crippen LogP contribution in [-0.2, 0) is 9.47 Å². The molecule has 9 heteroatoms. The summed E-state index contributed by atoms with van der Waals surface area (Å²) in [6, 6.07) is 4.72. The van der Waals surface area contributed by atoms with E-state index in [0.29, 0.717) is 55.4 Å². The van der Waals surface area contributed by atoms with Crippen LogP contribution in [0.1, 0.15) is 12.8 Å². The van der Waals surface area contributed by atoms with E-state index in [1.165, 1.54) is 18.1 Å². The number of hydrogen-bond acceptors (Lipinski definition) is 7. The van der Waals surface area contributed by atoms with Crippen LogP contribution in [0.25, 0.3) is 0 Å². The molecule has 0 radical (unpaired) electrons. The molecule has 0 N–H and O–H groups in total. The summed E-state index contributed by atoms with van der Waals surface area (Å²) in [4.78, 5) is 15.3. The van der Waals surface area contributed by atoms with Crippen molar-refractivity contribution in [1.29, 1.82) is 0 Å². The number of cyclic esters (lactones) is 1. The van der Waals surface area contributed by atoms with Crippen LogP contribution >= 0.6 is 12.2 Å². The summed E-state index contributed by atoms with van der Waals surface area (Å²) in [5, 5.41) is 6.60. The van der Waals surface area contributed by atoms with Crippen LogP contribution in [0.5, 0.6) is 0 Å². The lowest BCUT2D eigenvalue weighted by molar-refractivity contribution is 0.137. The third kappa shape index (κ3) is 4.59. The zero-order valence-corrected chi connectivity index (χ0v) is 16.5. The topological polar surface area (TPSA) is 57.6 Å². The molecule has 0 aliphatic carbocycles. The van der Waals surface area contributed by atoms with Gasteiger partial charge in [0, 0.05) is 13.0 Å². The monoisotopic (exact) mass is 406 g/mol. The molecule has 0 aromatic heterocycles. The smallest absolute Gasteiger partial charge is 0.414 e. The second-order valence-corrected chi connectivity index (χ2v) is 6.95. The van der Waals surface area contributed by atoms with Gasteiger partial charge in [0.2, 0.25) is 0 Å². The van der Waals surface area contributed by atoms with Gasteiger partial charge in [0.05, 0.1) is 38.1 Å². The molecule has 28 heavy (non-hydrogen) atoms. The maximum Gasteiger partial charge on any atom is 0.414 e. The Balaban J connectivity index is 1.66. The molecule has 1 amide bonds. The van der Waals surface area contributed by atoms with Gasteiger partial charge in [-0.05, 0) is 36.8 Å². The van der Waals surface area contributed by atoms with Gasteiger partial charge >= 0.3 is 6.09 Å². The Labute approximate surface area is 169 Å². The second kappa shape index (κ2) is 9.01. The SMILES string of the molecule is C=CCN1CCN(c2ccc(N3C[C@H](CCC(=S)OC)OC3=O)cc2F)C=N1. The average molecular weight is 406 g/mol. The molecule has 1 saturated heterocycles. The number of thiocarbonyl (C=S) groups is 1. The zero-order valence-electron chi connectivity index (χ0n) is 15.7. The van der Waals surface area contributed by atoms with Crippen molar-refractivity contribution in [3.8, 4) is 0 Å². The average Bonchev–Trinajstić information content (AvgIpc) is 3.07. The Bertz CT molecular complexity index is 788. The molecule has 1 aromatic rings. The van der Waals surface area contributed by atoms with E-state index in [-0.39, 0.29) is 6.10 Å². The number of benzene rings is 1. The van der Waals surface area contributed by atoms with Crippen molar-refractivity contribution in [2.24, 2.45) is 5.10 Å². The van der Waals surface area contributed by atoms with E-state index in [1.54, 1.807) is 29.4 Å². The summed E-state index contributed by atoms with van der Waals surface area (Å²) in [5.41, 5.74) is 0.880. The molecule has 2 heterocycles. The minimum Gasteiger partial charge on any atom is -0.490 e. The highest BCUT2D eigenvalue weighted by Crippen LogP contribution is 2.29. The fourth-order valence-electron chi connectivity index (χ4n) is 3.10. The molecular weight excluding hydrogens is 383 g/mol. The van der Waals surface area contributed by atoms with Gasteiger partial charge in [0.1, 0.15) is 18.3 Å². The molecule has 2 aliphatic rings. The van der Waals surface area contributed by atoms with Crippen molar-refractivity contribution in [2.75, 3.05) is 43.1 Å². The number of rotatable bonds is 7. The Morgan fingerprint density at radius 2 is 2.32 bits per heavy atom. The normalized spacial score (nSPS) is 19.0. The Morgan fingerprint density at radius 1 is 1.50 bits per heavy atom. The van der Waals surface area contributed by atoms with Crippen molar-refractivity contribution in [3.63, 3.8) is 0 Å². The third-order valence-corrected chi connectivity index (χ3v) is 4.99. The predicted octanol–water partition coefficient (Wildman–Crippen LogP) is 3.16. The van der Waals surface area contributed by atoms with Crippen LogP contribution in [0, 0.1) is 5.82 Å². The Kier molecular flexibility index (Phi) is 6.45. The standard InChI is InChI=1S/C19H23FN4O3S/c1-3-8-23-10-9-22(13-21-23)17-6-4-14(11-16(17)20)24-12-15(27-19(24)25)5-7-18(28)26-2/h3-4,6,11,13,15H,1,5,7-10,12H2,2H3/t15-/m0/s1. The van der Waals surface area contributed by atoms with Gasteiger partial charge in [-0.1, -0.05) is 6.08 Å². The molecule has 0 bridgehead atoms.